The normalized spacial score (nSPS) is 10.6. The molecule has 0 aromatic heterocycles. The molecule has 0 saturated carbocycles. The number of benzene rings is 2. The van der Waals surface area contributed by atoms with E-state index >= 15 is 0 Å². The van der Waals surface area contributed by atoms with Gasteiger partial charge in [-0.15, -0.1) is 0 Å². The Bertz CT molecular complexity index is 801. The zero-order valence-electron chi connectivity index (χ0n) is 14.6. The highest BCUT2D eigenvalue weighted by Gasteiger charge is 2.04. The first-order valence-corrected chi connectivity index (χ1v) is 8.63. The molecule has 0 amide bonds. The van der Waals surface area contributed by atoms with E-state index in [1.807, 2.05) is 37.3 Å². The zero-order chi connectivity index (χ0) is 18.2. The molecule has 2 aromatic rings. The van der Waals surface area contributed by atoms with E-state index in [-0.39, 0.29) is 5.97 Å². The van der Waals surface area contributed by atoms with Crippen molar-refractivity contribution >= 4 is 35.2 Å². The Morgan fingerprint density at radius 3 is 2.44 bits per heavy atom. The molecule has 2 rings (SSSR count). The number of hydrogen-bond acceptors (Lipinski definition) is 3. The lowest BCUT2D eigenvalue weighted by molar-refractivity contribution is 0.0526. The zero-order valence-corrected chi connectivity index (χ0v) is 15.4. The van der Waals surface area contributed by atoms with Gasteiger partial charge in [0.1, 0.15) is 0 Å². The van der Waals surface area contributed by atoms with Crippen molar-refractivity contribution in [3.8, 4) is 0 Å². The smallest absolute Gasteiger partial charge is 0.338 e. The summed E-state index contributed by atoms with van der Waals surface area (Å²) in [7, 11) is 0. The Kier molecular flexibility index (Phi) is 6.84. The third-order valence-electron chi connectivity index (χ3n) is 3.68. The summed E-state index contributed by atoms with van der Waals surface area (Å²) in [5.74, 6) is -0.292. The summed E-state index contributed by atoms with van der Waals surface area (Å²) < 4.78 is 4.99. The van der Waals surface area contributed by atoms with Crippen molar-refractivity contribution in [2.45, 2.75) is 20.3 Å². The first-order valence-electron chi connectivity index (χ1n) is 8.22. The Balaban J connectivity index is 2.07. The Morgan fingerprint density at radius 2 is 1.80 bits per heavy atom. The van der Waals surface area contributed by atoms with E-state index in [9.17, 15) is 4.79 Å². The number of rotatable bonds is 7. The highest BCUT2D eigenvalue weighted by molar-refractivity contribution is 7.80. The maximum atomic E-state index is 11.7. The summed E-state index contributed by atoms with van der Waals surface area (Å²) in [6.45, 7) is 8.01. The van der Waals surface area contributed by atoms with Gasteiger partial charge in [-0.1, -0.05) is 67.3 Å². The van der Waals surface area contributed by atoms with Gasteiger partial charge in [-0.05, 0) is 48.2 Å². The van der Waals surface area contributed by atoms with Gasteiger partial charge in [-0.25, -0.2) is 4.79 Å². The second-order valence-corrected chi connectivity index (χ2v) is 6.29. The van der Waals surface area contributed by atoms with Gasteiger partial charge in [0.05, 0.1) is 12.2 Å². The van der Waals surface area contributed by atoms with E-state index in [0.29, 0.717) is 12.2 Å². The third kappa shape index (κ3) is 5.80. The largest absolute Gasteiger partial charge is 0.462 e. The second-order valence-electron chi connectivity index (χ2n) is 5.80. The fourth-order valence-electron chi connectivity index (χ4n) is 2.28. The van der Waals surface area contributed by atoms with Gasteiger partial charge in [-0.2, -0.15) is 0 Å². The van der Waals surface area contributed by atoms with Gasteiger partial charge in [0.25, 0.3) is 0 Å². The van der Waals surface area contributed by atoms with Crippen LogP contribution < -0.4 is 0 Å². The third-order valence-corrected chi connectivity index (χ3v) is 4.17. The molecule has 0 N–H and O–H groups in total. The average Bonchev–Trinajstić information content (AvgIpc) is 2.61. The number of allylic oxidation sites excluding steroid dienone is 1. The average molecular weight is 350 g/mol. The number of carbonyl (C=O) groups is 1. The van der Waals surface area contributed by atoms with Crippen LogP contribution in [0.4, 0.5) is 0 Å². The molecular formula is C22H22O2S. The van der Waals surface area contributed by atoms with Crippen LogP contribution in [0.15, 0.2) is 60.7 Å². The van der Waals surface area contributed by atoms with E-state index < -0.39 is 0 Å². The van der Waals surface area contributed by atoms with Gasteiger partial charge >= 0.3 is 5.97 Å². The lowest BCUT2D eigenvalue weighted by Gasteiger charge is -2.04. The van der Waals surface area contributed by atoms with Crippen molar-refractivity contribution < 1.29 is 9.53 Å². The fraction of sp³-hybridized carbons (Fsp3) is 0.182. The molecule has 0 spiro atoms. The Morgan fingerprint density at radius 1 is 1.12 bits per heavy atom. The van der Waals surface area contributed by atoms with Gasteiger partial charge in [0, 0.05) is 11.3 Å². The van der Waals surface area contributed by atoms with Gasteiger partial charge in [0.15, 0.2) is 0 Å². The molecule has 3 heteroatoms. The summed E-state index contributed by atoms with van der Waals surface area (Å²) in [5.41, 5.74) is 4.81. The minimum Gasteiger partial charge on any atom is -0.462 e. The highest BCUT2D eigenvalue weighted by atomic mass is 32.1. The number of esters is 1. The summed E-state index contributed by atoms with van der Waals surface area (Å²) in [4.78, 5) is 12.5. The molecule has 0 bridgehead atoms. The maximum Gasteiger partial charge on any atom is 0.338 e. The van der Waals surface area contributed by atoms with E-state index in [4.69, 9.17) is 17.0 Å². The lowest BCUT2D eigenvalue weighted by atomic mass is 10.0. The number of carbonyl (C=O) groups excluding carboxylic acids is 1. The molecule has 0 fully saturated rings. The van der Waals surface area contributed by atoms with Crippen molar-refractivity contribution in [2.75, 3.05) is 6.61 Å². The summed E-state index contributed by atoms with van der Waals surface area (Å²) >= 11 is 5.34. The summed E-state index contributed by atoms with van der Waals surface area (Å²) in [6, 6.07) is 15.6. The van der Waals surface area contributed by atoms with Crippen molar-refractivity contribution in [3.05, 3.63) is 82.9 Å². The minimum atomic E-state index is -0.292. The molecule has 0 aliphatic rings. The van der Waals surface area contributed by atoms with Gasteiger partial charge in [-0.3, -0.25) is 0 Å². The van der Waals surface area contributed by atoms with Crippen LogP contribution in [-0.2, 0) is 11.2 Å². The topological polar surface area (TPSA) is 26.3 Å². The minimum absolute atomic E-state index is 0.292. The van der Waals surface area contributed by atoms with E-state index in [1.165, 1.54) is 5.56 Å². The monoisotopic (exact) mass is 350 g/mol. The maximum absolute atomic E-state index is 11.7. The summed E-state index contributed by atoms with van der Waals surface area (Å²) in [5, 5.41) is 0. The molecule has 0 heterocycles. The molecule has 0 aliphatic carbocycles. The van der Waals surface area contributed by atoms with Gasteiger partial charge in [0.2, 0.25) is 0 Å². The van der Waals surface area contributed by atoms with Crippen LogP contribution >= 0.6 is 12.2 Å². The van der Waals surface area contributed by atoms with E-state index in [0.717, 1.165) is 28.0 Å². The van der Waals surface area contributed by atoms with Crippen molar-refractivity contribution in [1.82, 2.24) is 0 Å². The highest BCUT2D eigenvalue weighted by Crippen LogP contribution is 2.14. The lowest BCUT2D eigenvalue weighted by Crippen LogP contribution is -2.03. The van der Waals surface area contributed by atoms with Crippen molar-refractivity contribution in [2.24, 2.45) is 0 Å². The van der Waals surface area contributed by atoms with Crippen LogP contribution in [0, 0.1) is 0 Å². The number of hydrogen-bond donors (Lipinski definition) is 0. The van der Waals surface area contributed by atoms with Crippen LogP contribution in [0.25, 0.3) is 12.2 Å². The predicted molar refractivity (Wildman–Crippen MR) is 109 cm³/mol. The van der Waals surface area contributed by atoms with Crippen LogP contribution in [0.5, 0.6) is 0 Å². The molecule has 25 heavy (non-hydrogen) atoms. The SMILES string of the molecule is C=C(C)C(=S)Cc1cccc(/C=C/c2ccc(C(=O)OCC)cc2)c1. The van der Waals surface area contributed by atoms with Gasteiger partial charge < -0.3 is 4.74 Å². The van der Waals surface area contributed by atoms with Crippen molar-refractivity contribution in [1.29, 1.82) is 0 Å². The fourth-order valence-corrected chi connectivity index (χ4v) is 2.45. The standard InChI is InChI=1S/C22H22O2S/c1-4-24-22(23)20-12-10-17(11-13-20)8-9-18-6-5-7-19(14-18)15-21(25)16(2)3/h5-14H,2,4,15H2,1,3H3/b9-8+. The molecule has 0 unspecified atom stereocenters. The van der Waals surface area contributed by atoms with Crippen molar-refractivity contribution in [3.63, 3.8) is 0 Å². The molecule has 2 aromatic carbocycles. The molecule has 128 valence electrons. The molecule has 0 atom stereocenters. The van der Waals surface area contributed by atoms with Crippen LogP contribution in [0.1, 0.15) is 40.9 Å². The predicted octanol–water partition coefficient (Wildman–Crippen LogP) is 5.52. The second kappa shape index (κ2) is 9.09. The Hall–Kier alpha value is -2.52. The van der Waals surface area contributed by atoms with E-state index in [2.05, 4.69) is 24.8 Å². The quantitative estimate of drug-likeness (QED) is 0.284. The summed E-state index contributed by atoms with van der Waals surface area (Å²) in [6.07, 6.45) is 4.80. The van der Waals surface area contributed by atoms with Crippen LogP contribution in [0.3, 0.4) is 0 Å². The molecular weight excluding hydrogens is 328 g/mol. The molecule has 0 radical (unpaired) electrons. The molecule has 0 aliphatic heterocycles. The molecule has 2 nitrogen and oxygen atoms in total. The molecule has 0 saturated heterocycles. The van der Waals surface area contributed by atoms with Crippen LogP contribution in [-0.4, -0.2) is 17.4 Å². The first kappa shape index (κ1) is 18.8. The number of thiocarbonyl (C=S) groups is 1. The van der Waals surface area contributed by atoms with E-state index in [1.54, 1.807) is 19.1 Å². The number of ether oxygens (including phenoxy) is 1. The Labute approximate surface area is 154 Å². The first-order chi connectivity index (χ1) is 12.0. The van der Waals surface area contributed by atoms with Crippen LogP contribution in [0.2, 0.25) is 0 Å².